The Balaban J connectivity index is 1.99. The summed E-state index contributed by atoms with van der Waals surface area (Å²) in [5.41, 5.74) is 4.06. The van der Waals surface area contributed by atoms with Gasteiger partial charge >= 0.3 is 0 Å². The highest BCUT2D eigenvalue weighted by molar-refractivity contribution is 5.99. The van der Waals surface area contributed by atoms with E-state index in [-0.39, 0.29) is 23.9 Å². The molecule has 2 aromatic rings. The number of halogens is 2. The molecule has 1 N–H and O–H groups in total. The smallest absolute Gasteiger partial charge is 0.244 e. The van der Waals surface area contributed by atoms with E-state index in [0.717, 1.165) is 0 Å². The normalized spacial score (nSPS) is 11.2. The number of hydrogen-bond acceptors (Lipinski definition) is 3. The van der Waals surface area contributed by atoms with Crippen LogP contribution in [0.3, 0.4) is 0 Å². The molecular weight excluding hydrogens is 302 g/mol. The van der Waals surface area contributed by atoms with Gasteiger partial charge in [-0.1, -0.05) is 12.1 Å². The van der Waals surface area contributed by atoms with E-state index >= 15 is 0 Å². The number of ether oxygens (including phenoxy) is 1. The summed E-state index contributed by atoms with van der Waals surface area (Å²) in [7, 11) is 1.38. The van der Waals surface area contributed by atoms with E-state index in [0.29, 0.717) is 16.8 Å². The molecular formula is C17H16F2N2O2. The van der Waals surface area contributed by atoms with Crippen LogP contribution in [0.25, 0.3) is 0 Å². The maximum absolute atomic E-state index is 13.6. The fourth-order valence-corrected chi connectivity index (χ4v) is 1.93. The van der Waals surface area contributed by atoms with E-state index in [2.05, 4.69) is 10.5 Å². The lowest BCUT2D eigenvalue weighted by Gasteiger charge is -2.06. The molecule has 0 saturated heterocycles. The summed E-state index contributed by atoms with van der Waals surface area (Å²) in [6, 6.07) is 10.1. The van der Waals surface area contributed by atoms with Gasteiger partial charge in [0.05, 0.1) is 19.2 Å². The van der Waals surface area contributed by atoms with Crippen LogP contribution in [0, 0.1) is 11.6 Å². The van der Waals surface area contributed by atoms with Crippen LogP contribution in [-0.2, 0) is 11.2 Å². The van der Waals surface area contributed by atoms with Crippen LogP contribution >= 0.6 is 0 Å². The van der Waals surface area contributed by atoms with Crippen molar-refractivity contribution < 1.29 is 18.3 Å². The lowest BCUT2D eigenvalue weighted by molar-refractivity contribution is -0.120. The van der Waals surface area contributed by atoms with Crippen LogP contribution in [0.2, 0.25) is 0 Å². The molecule has 0 aromatic heterocycles. The third kappa shape index (κ3) is 4.60. The molecule has 0 bridgehead atoms. The molecule has 0 aliphatic rings. The van der Waals surface area contributed by atoms with Crippen LogP contribution < -0.4 is 10.2 Å². The minimum absolute atomic E-state index is 0.0774. The maximum Gasteiger partial charge on any atom is 0.244 e. The Kier molecular flexibility index (Phi) is 5.41. The number of nitrogens with zero attached hydrogens (tertiary/aromatic N) is 1. The SMILES string of the molecule is COc1ccc(/C(C)=N\NC(=O)Cc2ccc(F)cc2)cc1F. The number of carbonyl (C=O) groups excluding carboxylic acids is 1. The topological polar surface area (TPSA) is 50.7 Å². The van der Waals surface area contributed by atoms with Gasteiger partial charge in [0.15, 0.2) is 11.6 Å². The van der Waals surface area contributed by atoms with Crippen molar-refractivity contribution in [2.75, 3.05) is 7.11 Å². The first kappa shape index (κ1) is 16.6. The fraction of sp³-hybridized carbons (Fsp3) is 0.176. The number of amides is 1. The van der Waals surface area contributed by atoms with Gasteiger partial charge in [-0.25, -0.2) is 14.2 Å². The quantitative estimate of drug-likeness (QED) is 0.680. The fourth-order valence-electron chi connectivity index (χ4n) is 1.93. The summed E-state index contributed by atoms with van der Waals surface area (Å²) < 4.78 is 31.3. The first-order valence-electron chi connectivity index (χ1n) is 6.91. The number of rotatable bonds is 5. The standard InChI is InChI=1S/C17H16F2N2O2/c1-11(13-5-8-16(23-2)15(19)10-13)20-21-17(22)9-12-3-6-14(18)7-4-12/h3-8,10H,9H2,1-2H3,(H,21,22)/b20-11-. The molecule has 0 heterocycles. The number of carbonyl (C=O) groups is 1. The van der Waals surface area contributed by atoms with Crippen molar-refractivity contribution in [1.29, 1.82) is 0 Å². The molecule has 0 aliphatic heterocycles. The van der Waals surface area contributed by atoms with Gasteiger partial charge in [-0.2, -0.15) is 5.10 Å². The van der Waals surface area contributed by atoms with Gasteiger partial charge in [-0.3, -0.25) is 4.79 Å². The predicted molar refractivity (Wildman–Crippen MR) is 83.4 cm³/mol. The Hall–Kier alpha value is -2.76. The van der Waals surface area contributed by atoms with Crippen LogP contribution in [0.5, 0.6) is 5.75 Å². The summed E-state index contributed by atoms with van der Waals surface area (Å²) in [4.78, 5) is 11.8. The molecule has 0 radical (unpaired) electrons. The summed E-state index contributed by atoms with van der Waals surface area (Å²) >= 11 is 0. The maximum atomic E-state index is 13.6. The van der Waals surface area contributed by atoms with Gasteiger partial charge in [0.1, 0.15) is 5.82 Å². The molecule has 0 atom stereocenters. The van der Waals surface area contributed by atoms with Crippen molar-refractivity contribution in [3.63, 3.8) is 0 Å². The molecule has 0 spiro atoms. The van der Waals surface area contributed by atoms with Gasteiger partial charge in [-0.05, 0) is 42.8 Å². The van der Waals surface area contributed by atoms with Gasteiger partial charge in [-0.15, -0.1) is 0 Å². The van der Waals surface area contributed by atoms with Gasteiger partial charge in [0.2, 0.25) is 5.91 Å². The zero-order valence-electron chi connectivity index (χ0n) is 12.8. The zero-order valence-corrected chi connectivity index (χ0v) is 12.8. The van der Waals surface area contributed by atoms with Gasteiger partial charge in [0, 0.05) is 5.56 Å². The predicted octanol–water partition coefficient (Wildman–Crippen LogP) is 3.06. The number of methoxy groups -OCH3 is 1. The van der Waals surface area contributed by atoms with E-state index in [1.165, 1.54) is 43.5 Å². The molecule has 0 fully saturated rings. The second-order valence-corrected chi connectivity index (χ2v) is 4.88. The highest BCUT2D eigenvalue weighted by Gasteiger charge is 2.07. The second kappa shape index (κ2) is 7.49. The lowest BCUT2D eigenvalue weighted by atomic mass is 10.1. The molecule has 0 aliphatic carbocycles. The molecule has 0 unspecified atom stereocenters. The largest absolute Gasteiger partial charge is 0.494 e. The number of hydrazone groups is 1. The average Bonchev–Trinajstić information content (AvgIpc) is 2.54. The van der Waals surface area contributed by atoms with Crippen LogP contribution in [-0.4, -0.2) is 18.7 Å². The molecule has 1 amide bonds. The van der Waals surface area contributed by atoms with Crippen molar-refractivity contribution >= 4 is 11.6 Å². The number of benzene rings is 2. The van der Waals surface area contributed by atoms with Crippen molar-refractivity contribution in [3.05, 3.63) is 65.2 Å². The van der Waals surface area contributed by atoms with Crippen molar-refractivity contribution in [1.82, 2.24) is 5.43 Å². The first-order valence-corrected chi connectivity index (χ1v) is 6.91. The molecule has 0 saturated carbocycles. The van der Waals surface area contributed by atoms with E-state index in [1.54, 1.807) is 13.0 Å². The zero-order chi connectivity index (χ0) is 16.8. The Morgan fingerprint density at radius 1 is 1.17 bits per heavy atom. The first-order chi connectivity index (χ1) is 11.0. The molecule has 2 rings (SSSR count). The minimum Gasteiger partial charge on any atom is -0.494 e. The van der Waals surface area contributed by atoms with Crippen molar-refractivity contribution in [2.45, 2.75) is 13.3 Å². The minimum atomic E-state index is -0.503. The Morgan fingerprint density at radius 3 is 2.48 bits per heavy atom. The van der Waals surface area contributed by atoms with Crippen molar-refractivity contribution in [3.8, 4) is 5.75 Å². The molecule has 4 nitrogen and oxygen atoms in total. The molecule has 6 heteroatoms. The third-order valence-electron chi connectivity index (χ3n) is 3.20. The summed E-state index contributed by atoms with van der Waals surface area (Å²) in [6.45, 7) is 1.65. The van der Waals surface area contributed by atoms with E-state index in [4.69, 9.17) is 4.74 Å². The monoisotopic (exact) mass is 318 g/mol. The van der Waals surface area contributed by atoms with Crippen LogP contribution in [0.1, 0.15) is 18.1 Å². The number of hydrogen-bond donors (Lipinski definition) is 1. The Bertz CT molecular complexity index is 728. The lowest BCUT2D eigenvalue weighted by Crippen LogP contribution is -2.21. The third-order valence-corrected chi connectivity index (χ3v) is 3.20. The highest BCUT2D eigenvalue weighted by atomic mass is 19.1. The van der Waals surface area contributed by atoms with E-state index in [1.807, 2.05) is 0 Å². The summed E-state index contributed by atoms with van der Waals surface area (Å²) in [5.74, 6) is -1.06. The molecule has 2 aromatic carbocycles. The Morgan fingerprint density at radius 2 is 1.87 bits per heavy atom. The second-order valence-electron chi connectivity index (χ2n) is 4.88. The highest BCUT2D eigenvalue weighted by Crippen LogP contribution is 2.18. The van der Waals surface area contributed by atoms with E-state index < -0.39 is 5.82 Å². The van der Waals surface area contributed by atoms with Crippen LogP contribution in [0.4, 0.5) is 8.78 Å². The van der Waals surface area contributed by atoms with E-state index in [9.17, 15) is 13.6 Å². The van der Waals surface area contributed by atoms with Crippen molar-refractivity contribution in [2.24, 2.45) is 5.10 Å². The van der Waals surface area contributed by atoms with Gasteiger partial charge in [0.25, 0.3) is 0 Å². The van der Waals surface area contributed by atoms with Gasteiger partial charge < -0.3 is 4.74 Å². The number of nitrogens with one attached hydrogen (secondary N) is 1. The molecule has 120 valence electrons. The average molecular weight is 318 g/mol. The summed E-state index contributed by atoms with van der Waals surface area (Å²) in [5, 5.41) is 3.94. The van der Waals surface area contributed by atoms with Crippen LogP contribution in [0.15, 0.2) is 47.6 Å². The Labute approximate surface area is 132 Å². The summed E-state index contributed by atoms with van der Waals surface area (Å²) in [6.07, 6.45) is 0.0774. The molecule has 23 heavy (non-hydrogen) atoms.